The first kappa shape index (κ1) is 13.3. The maximum absolute atomic E-state index is 5.52. The summed E-state index contributed by atoms with van der Waals surface area (Å²) in [5, 5.41) is 3.55. The molecule has 0 amide bonds. The van der Waals surface area contributed by atoms with Crippen LogP contribution >= 0.6 is 0 Å². The van der Waals surface area contributed by atoms with Crippen LogP contribution in [0.25, 0.3) is 0 Å². The summed E-state index contributed by atoms with van der Waals surface area (Å²) in [5.41, 5.74) is 0. The first-order chi connectivity index (χ1) is 8.40. The minimum Gasteiger partial charge on any atom is -0.385 e. The van der Waals surface area contributed by atoms with Crippen molar-refractivity contribution in [3.8, 4) is 0 Å². The van der Waals surface area contributed by atoms with Gasteiger partial charge in [-0.1, -0.05) is 6.42 Å². The van der Waals surface area contributed by atoms with E-state index in [1.165, 1.54) is 32.2 Å². The molecular formula is C14H27NO2. The minimum atomic E-state index is 0.804. The van der Waals surface area contributed by atoms with E-state index in [1.807, 2.05) is 0 Å². The van der Waals surface area contributed by atoms with E-state index in [2.05, 4.69) is 5.32 Å². The number of nitrogens with one attached hydrogen (secondary N) is 1. The molecule has 0 radical (unpaired) electrons. The summed E-state index contributed by atoms with van der Waals surface area (Å²) in [4.78, 5) is 0. The van der Waals surface area contributed by atoms with Crippen LogP contribution in [-0.4, -0.2) is 40.0 Å². The Morgan fingerprint density at radius 2 is 2.06 bits per heavy atom. The second-order valence-electron chi connectivity index (χ2n) is 5.60. The summed E-state index contributed by atoms with van der Waals surface area (Å²) in [5.74, 6) is 3.06. The summed E-state index contributed by atoms with van der Waals surface area (Å²) in [6.45, 7) is 4.68. The highest BCUT2D eigenvalue weighted by atomic mass is 16.5. The predicted octanol–water partition coefficient (Wildman–Crippen LogP) is 2.07. The number of rotatable bonds is 9. The van der Waals surface area contributed by atoms with E-state index in [4.69, 9.17) is 9.47 Å². The van der Waals surface area contributed by atoms with Crippen LogP contribution in [0.3, 0.4) is 0 Å². The first-order valence-electron chi connectivity index (χ1n) is 7.17. The van der Waals surface area contributed by atoms with Crippen molar-refractivity contribution < 1.29 is 9.47 Å². The Balaban J connectivity index is 1.39. The van der Waals surface area contributed by atoms with Crippen LogP contribution in [0.15, 0.2) is 0 Å². The fourth-order valence-corrected chi connectivity index (χ4v) is 3.47. The SMILES string of the molecule is COCCCOCCNCC1CC2CCC1C2. The molecule has 3 heteroatoms. The van der Waals surface area contributed by atoms with Crippen LogP contribution in [0.1, 0.15) is 32.1 Å². The lowest BCUT2D eigenvalue weighted by Gasteiger charge is -2.21. The number of hydrogen-bond donors (Lipinski definition) is 1. The highest BCUT2D eigenvalue weighted by molar-refractivity contribution is 4.90. The topological polar surface area (TPSA) is 30.5 Å². The van der Waals surface area contributed by atoms with Crippen molar-refractivity contribution >= 4 is 0 Å². The molecule has 0 saturated heterocycles. The third-order valence-electron chi connectivity index (χ3n) is 4.35. The fourth-order valence-electron chi connectivity index (χ4n) is 3.47. The van der Waals surface area contributed by atoms with E-state index in [1.54, 1.807) is 7.11 Å². The average Bonchev–Trinajstić information content (AvgIpc) is 2.94. The molecule has 100 valence electrons. The van der Waals surface area contributed by atoms with Gasteiger partial charge in [0.15, 0.2) is 0 Å². The molecule has 1 N–H and O–H groups in total. The molecule has 0 aromatic heterocycles. The maximum Gasteiger partial charge on any atom is 0.0590 e. The van der Waals surface area contributed by atoms with Crippen LogP contribution in [0, 0.1) is 17.8 Å². The molecule has 2 aliphatic carbocycles. The van der Waals surface area contributed by atoms with E-state index in [0.29, 0.717) is 0 Å². The standard InChI is InChI=1S/C14H27NO2/c1-16-6-2-7-17-8-5-15-11-14-10-12-3-4-13(14)9-12/h12-15H,2-11H2,1H3. The van der Waals surface area contributed by atoms with Crippen molar-refractivity contribution in [3.63, 3.8) is 0 Å². The highest BCUT2D eigenvalue weighted by Crippen LogP contribution is 2.47. The normalized spacial score (nSPS) is 31.2. The van der Waals surface area contributed by atoms with Crippen LogP contribution in [0.4, 0.5) is 0 Å². The molecule has 0 aromatic rings. The Bertz CT molecular complexity index is 210. The van der Waals surface area contributed by atoms with Crippen molar-refractivity contribution in [3.05, 3.63) is 0 Å². The van der Waals surface area contributed by atoms with Gasteiger partial charge in [0.05, 0.1) is 6.61 Å². The summed E-state index contributed by atoms with van der Waals surface area (Å²) < 4.78 is 10.5. The first-order valence-corrected chi connectivity index (χ1v) is 7.17. The third kappa shape index (κ3) is 4.23. The second-order valence-corrected chi connectivity index (χ2v) is 5.60. The molecule has 2 bridgehead atoms. The van der Waals surface area contributed by atoms with Gasteiger partial charge in [-0.25, -0.2) is 0 Å². The van der Waals surface area contributed by atoms with Crippen LogP contribution in [-0.2, 0) is 9.47 Å². The largest absolute Gasteiger partial charge is 0.385 e. The predicted molar refractivity (Wildman–Crippen MR) is 69.1 cm³/mol. The van der Waals surface area contributed by atoms with Gasteiger partial charge < -0.3 is 14.8 Å². The number of hydrogen-bond acceptors (Lipinski definition) is 3. The van der Waals surface area contributed by atoms with Gasteiger partial charge in [0.1, 0.15) is 0 Å². The molecule has 17 heavy (non-hydrogen) atoms. The molecule has 3 atom stereocenters. The zero-order chi connectivity index (χ0) is 11.9. The van der Waals surface area contributed by atoms with Gasteiger partial charge in [0.25, 0.3) is 0 Å². The zero-order valence-electron chi connectivity index (χ0n) is 11.1. The van der Waals surface area contributed by atoms with E-state index in [0.717, 1.165) is 50.5 Å². The van der Waals surface area contributed by atoms with Crippen molar-refractivity contribution in [2.24, 2.45) is 17.8 Å². The molecule has 2 saturated carbocycles. The van der Waals surface area contributed by atoms with Gasteiger partial charge in [-0.05, 0) is 50.0 Å². The molecular weight excluding hydrogens is 214 g/mol. The lowest BCUT2D eigenvalue weighted by Crippen LogP contribution is -2.29. The van der Waals surface area contributed by atoms with Gasteiger partial charge >= 0.3 is 0 Å². The van der Waals surface area contributed by atoms with E-state index >= 15 is 0 Å². The number of fused-ring (bicyclic) bond motifs is 2. The summed E-state index contributed by atoms with van der Waals surface area (Å²) >= 11 is 0. The second kappa shape index (κ2) is 7.34. The number of methoxy groups -OCH3 is 1. The summed E-state index contributed by atoms with van der Waals surface area (Å²) in [6.07, 6.45) is 6.99. The summed E-state index contributed by atoms with van der Waals surface area (Å²) in [7, 11) is 1.73. The monoisotopic (exact) mass is 241 g/mol. The van der Waals surface area contributed by atoms with E-state index in [9.17, 15) is 0 Å². The molecule has 0 spiro atoms. The minimum absolute atomic E-state index is 0.804. The average molecular weight is 241 g/mol. The molecule has 0 aliphatic heterocycles. The van der Waals surface area contributed by atoms with Crippen molar-refractivity contribution in [1.82, 2.24) is 5.32 Å². The van der Waals surface area contributed by atoms with E-state index < -0.39 is 0 Å². The maximum atomic E-state index is 5.52. The van der Waals surface area contributed by atoms with Crippen LogP contribution in [0.2, 0.25) is 0 Å². The molecule has 3 unspecified atom stereocenters. The van der Waals surface area contributed by atoms with Crippen molar-refractivity contribution in [2.75, 3.05) is 40.0 Å². The van der Waals surface area contributed by atoms with Gasteiger partial charge in [-0.2, -0.15) is 0 Å². The van der Waals surface area contributed by atoms with Crippen molar-refractivity contribution in [2.45, 2.75) is 32.1 Å². The molecule has 3 nitrogen and oxygen atoms in total. The fraction of sp³-hybridized carbons (Fsp3) is 1.00. The van der Waals surface area contributed by atoms with Gasteiger partial charge in [0.2, 0.25) is 0 Å². The van der Waals surface area contributed by atoms with Gasteiger partial charge in [-0.3, -0.25) is 0 Å². The molecule has 0 aromatic carbocycles. The Morgan fingerprint density at radius 1 is 1.12 bits per heavy atom. The Morgan fingerprint density at radius 3 is 2.76 bits per heavy atom. The molecule has 2 fully saturated rings. The molecule has 2 aliphatic rings. The van der Waals surface area contributed by atoms with Crippen molar-refractivity contribution in [1.29, 1.82) is 0 Å². The number of ether oxygens (including phenoxy) is 2. The zero-order valence-corrected chi connectivity index (χ0v) is 11.1. The lowest BCUT2D eigenvalue weighted by atomic mass is 9.89. The van der Waals surface area contributed by atoms with Crippen LogP contribution in [0.5, 0.6) is 0 Å². The smallest absolute Gasteiger partial charge is 0.0590 e. The Kier molecular flexibility index (Phi) is 5.75. The Labute approximate surface area is 105 Å². The lowest BCUT2D eigenvalue weighted by molar-refractivity contribution is 0.103. The van der Waals surface area contributed by atoms with Gasteiger partial charge in [0, 0.05) is 26.9 Å². The quantitative estimate of drug-likeness (QED) is 0.627. The van der Waals surface area contributed by atoms with Gasteiger partial charge in [-0.15, -0.1) is 0 Å². The summed E-state index contributed by atoms with van der Waals surface area (Å²) in [6, 6.07) is 0. The molecule has 2 rings (SSSR count). The highest BCUT2D eigenvalue weighted by Gasteiger charge is 2.38. The van der Waals surface area contributed by atoms with E-state index in [-0.39, 0.29) is 0 Å². The molecule has 0 heterocycles. The van der Waals surface area contributed by atoms with Crippen LogP contribution < -0.4 is 5.32 Å². The third-order valence-corrected chi connectivity index (χ3v) is 4.35. The Hall–Kier alpha value is -0.120.